The van der Waals surface area contributed by atoms with Crippen LogP contribution < -0.4 is 20.4 Å². The second kappa shape index (κ2) is 44.6. The molecular weight excluding hydrogens is 1750 g/mol. The van der Waals surface area contributed by atoms with E-state index in [2.05, 4.69) is 188 Å². The third-order valence-corrected chi connectivity index (χ3v) is 35.9. The summed E-state index contributed by atoms with van der Waals surface area (Å²) >= 11 is 18.1. The van der Waals surface area contributed by atoms with E-state index in [1.807, 2.05) is 113 Å². The first-order chi connectivity index (χ1) is 57.8. The lowest BCUT2D eigenvalue weighted by Gasteiger charge is -2.39. The van der Waals surface area contributed by atoms with Gasteiger partial charge in [0.1, 0.15) is 44.8 Å². The molecule has 12 rings (SSSR count). The third kappa shape index (κ3) is 26.0. The van der Waals surface area contributed by atoms with Gasteiger partial charge in [-0.2, -0.15) is 17.5 Å². The highest BCUT2D eigenvalue weighted by molar-refractivity contribution is 9.11. The van der Waals surface area contributed by atoms with E-state index in [1.54, 1.807) is 0 Å². The van der Waals surface area contributed by atoms with Crippen LogP contribution in [0.2, 0.25) is 0 Å². The number of aromatic nitrogens is 4. The first-order valence-corrected chi connectivity index (χ1v) is 54.5. The quantitative estimate of drug-likeness (QED) is 0.0342. The molecule has 20 heteroatoms. The molecule has 8 unspecified atom stereocenters. The van der Waals surface area contributed by atoms with Crippen LogP contribution in [0.25, 0.3) is 62.5 Å². The van der Waals surface area contributed by atoms with Crippen LogP contribution in [-0.4, -0.2) is 54.1 Å². The van der Waals surface area contributed by atoms with Gasteiger partial charge in [0.25, 0.3) is 0 Å². The average molecular weight is 1910 g/mol. The first-order valence-electron chi connectivity index (χ1n) is 48.2. The van der Waals surface area contributed by atoms with Crippen LogP contribution in [-0.2, 0) is 29.8 Å². The number of rotatable bonds is 48. The van der Waals surface area contributed by atoms with Crippen molar-refractivity contribution in [3.63, 3.8) is 0 Å². The summed E-state index contributed by atoms with van der Waals surface area (Å²) < 4.78 is 62.0. The molecule has 10 nitrogen and oxygen atoms in total. The Hall–Kier alpha value is -2.59. The Balaban J connectivity index is 0.000000450. The van der Waals surface area contributed by atoms with Crippen LogP contribution in [0.1, 0.15) is 383 Å². The summed E-state index contributed by atoms with van der Waals surface area (Å²) in [5, 5.41) is 0. The molecule has 2 fully saturated rings. The molecular formula is C102H156B2Br2N4O6S6. The smallest absolute Gasteiger partial charge is 0.481 e. The van der Waals surface area contributed by atoms with Crippen LogP contribution in [0.4, 0.5) is 0 Å². The largest absolute Gasteiger partial charge is 0.497 e. The molecule has 676 valence electrons. The highest BCUT2D eigenvalue weighted by atomic mass is 79.9. The van der Waals surface area contributed by atoms with Crippen molar-refractivity contribution in [2.75, 3.05) is 0 Å². The lowest BCUT2D eigenvalue weighted by atomic mass is 9.72. The Kier molecular flexibility index (Phi) is 36.5. The molecule has 0 spiro atoms. The van der Waals surface area contributed by atoms with Crippen LogP contribution in [0.15, 0.2) is 56.1 Å². The number of benzene rings is 2. The maximum Gasteiger partial charge on any atom is 0.497 e. The molecule has 4 aliphatic rings. The van der Waals surface area contributed by atoms with E-state index in [1.165, 1.54) is 255 Å². The van der Waals surface area contributed by atoms with Gasteiger partial charge in [0.15, 0.2) is 0 Å². The van der Waals surface area contributed by atoms with E-state index in [0.29, 0.717) is 23.7 Å². The fraction of sp³-hybridized carbons (Fsp3) is 0.725. The van der Waals surface area contributed by atoms with Crippen LogP contribution in [0, 0.1) is 71.0 Å². The predicted molar refractivity (Wildman–Crippen MR) is 540 cm³/mol. The van der Waals surface area contributed by atoms with E-state index in [9.17, 15) is 0 Å². The van der Waals surface area contributed by atoms with Gasteiger partial charge < -0.3 is 28.1 Å². The zero-order valence-corrected chi connectivity index (χ0v) is 87.8. The summed E-state index contributed by atoms with van der Waals surface area (Å²) in [7, 11) is -0.956. The molecule has 0 bridgehead atoms. The van der Waals surface area contributed by atoms with Gasteiger partial charge in [-0.1, -0.05) is 289 Å². The fourth-order valence-electron chi connectivity index (χ4n) is 19.1. The molecule has 8 aromatic rings. The van der Waals surface area contributed by atoms with E-state index in [4.69, 9.17) is 36.8 Å². The highest BCUT2D eigenvalue weighted by Gasteiger charge is 2.55. The second-order valence-corrected chi connectivity index (χ2v) is 50.9. The van der Waals surface area contributed by atoms with Crippen molar-refractivity contribution < 1.29 is 28.1 Å². The van der Waals surface area contributed by atoms with Crippen molar-refractivity contribution in [3.8, 4) is 51.9 Å². The molecule has 2 saturated heterocycles. The molecule has 6 aromatic heterocycles. The summed E-state index contributed by atoms with van der Waals surface area (Å²) in [6, 6.07) is 18.5. The summed E-state index contributed by atoms with van der Waals surface area (Å²) in [5.74, 6) is 11.1. The Morgan fingerprint density at radius 2 is 0.549 bits per heavy atom. The topological polar surface area (TPSA) is 107 Å². The van der Waals surface area contributed by atoms with E-state index >= 15 is 0 Å². The van der Waals surface area contributed by atoms with E-state index < -0.39 is 47.8 Å². The monoisotopic (exact) mass is 1900 g/mol. The first kappa shape index (κ1) is 100.0. The number of hydrogen-bond acceptors (Lipinski definition) is 16. The molecule has 0 amide bonds. The number of ether oxygens (including phenoxy) is 2. The number of fused-ring (bicyclic) bond motifs is 8. The summed E-state index contributed by atoms with van der Waals surface area (Å²) in [4.78, 5) is 7.88. The SMILES string of the molecule is CC(C)CCCC(C)CCCC(C)CCC1(CCC(C)CCCC(C)CCCC(C)C)Oc2cc(Br)sc2-c2sc(-c3ccc(-c4cc5c(s4)-c4sc(Br)cc4OC5(CCC(C)CCCC(C)CCCC(C)C)CCC(C)CCCC(C)CCCC(C)C)c4nsnc34)cc21.CC1(C)OB(c2ccc(B3OC(C)(C)C(C)(C)O3)c3nsnc23)OC1(C)C. The fourth-order valence-corrected chi connectivity index (χ4v) is 26.1. The number of hydrogen-bond donors (Lipinski definition) is 0. The van der Waals surface area contributed by atoms with Crippen LogP contribution in [0.5, 0.6) is 11.5 Å². The minimum atomic E-state index is -0.478. The molecule has 0 N–H and O–H groups in total. The lowest BCUT2D eigenvalue weighted by Crippen LogP contribution is -2.41. The zero-order valence-electron chi connectivity index (χ0n) is 79.8. The maximum atomic E-state index is 7.66. The van der Waals surface area contributed by atoms with Crippen molar-refractivity contribution in [1.82, 2.24) is 17.5 Å². The minimum Gasteiger partial charge on any atom is -0.481 e. The van der Waals surface area contributed by atoms with Crippen LogP contribution >= 0.6 is 101 Å². The Morgan fingerprint density at radius 1 is 0.303 bits per heavy atom. The maximum absolute atomic E-state index is 7.66. The van der Waals surface area contributed by atoms with Gasteiger partial charge in [-0.25, -0.2) is 0 Å². The predicted octanol–water partition coefficient (Wildman–Crippen LogP) is 33.8. The van der Waals surface area contributed by atoms with E-state index in [-0.39, 0.29) is 0 Å². The normalized spacial score (nSPS) is 20.3. The summed E-state index contributed by atoms with van der Waals surface area (Å²) in [5.41, 5.74) is 8.14. The Morgan fingerprint density at radius 3 is 0.811 bits per heavy atom. The van der Waals surface area contributed by atoms with Crippen molar-refractivity contribution >= 4 is 148 Å². The van der Waals surface area contributed by atoms with Gasteiger partial charge in [-0.05, 0) is 222 Å². The third-order valence-electron chi connectivity index (χ3n) is 28.9. The molecule has 122 heavy (non-hydrogen) atoms. The molecule has 0 radical (unpaired) electrons. The van der Waals surface area contributed by atoms with Crippen LogP contribution in [0.3, 0.4) is 0 Å². The van der Waals surface area contributed by atoms with Gasteiger partial charge in [0.2, 0.25) is 0 Å². The Labute approximate surface area is 782 Å². The molecule has 8 atom stereocenters. The van der Waals surface area contributed by atoms with Gasteiger partial charge >= 0.3 is 14.2 Å². The molecule has 2 aromatic carbocycles. The second-order valence-electron chi connectivity index (χ2n) is 42.9. The molecule has 0 aliphatic carbocycles. The standard InChI is InChI=1S/C84H130Br2N2O2S5.C18H26B2N2O4S/c1-55(2)25-17-29-59(9)33-21-37-63(13)43-47-83(48-44-64(14)38-22-34-60(10)30-18-26-56(3)4)69-51-73(91-79(69)81-71(89-83)53-75(85)93-81)67-41-42-68(78-77(67)87-95-88-78)74-52-70-80(92-74)82-72(54-76(86)94-82)90-84(70,49-45-65(15)39-23-35-61(11)31-19-27-57(5)6)50-46-66(16)40-24-36-62(12)32-20-28-58(7)8;1-15(2)16(3,4)24-19(23-15)11-9-10-12(14-13(11)21-27-22-14)20-25-17(5,6)18(7,8)26-20/h41-42,51-66H,17-40,43-50H2,1-16H3;9-10H,1-8H3. The zero-order chi connectivity index (χ0) is 88.2. The summed E-state index contributed by atoms with van der Waals surface area (Å²) in [6.45, 7) is 55.4. The van der Waals surface area contributed by atoms with Crippen molar-refractivity contribution in [2.45, 2.75) is 405 Å². The number of thiophene rings is 4. The van der Waals surface area contributed by atoms with E-state index in [0.717, 1.165) is 125 Å². The van der Waals surface area contributed by atoms with Gasteiger partial charge in [0, 0.05) is 55.1 Å². The summed E-state index contributed by atoms with van der Waals surface area (Å²) in [6.07, 6.45) is 40.9. The molecule has 0 saturated carbocycles. The number of nitrogens with zero attached hydrogens (tertiary/aromatic N) is 4. The number of halogens is 2. The van der Waals surface area contributed by atoms with Crippen molar-refractivity contribution in [3.05, 3.63) is 67.2 Å². The van der Waals surface area contributed by atoms with Crippen molar-refractivity contribution in [1.29, 1.82) is 0 Å². The average Bonchev–Trinajstić information content (AvgIpc) is 1.52. The molecule has 4 aliphatic heterocycles. The van der Waals surface area contributed by atoms with Gasteiger partial charge in [-0.15, -0.1) is 45.3 Å². The highest BCUT2D eigenvalue weighted by Crippen LogP contribution is 2.61. The Bertz CT molecular complexity index is 4190. The van der Waals surface area contributed by atoms with Crippen molar-refractivity contribution in [2.24, 2.45) is 71.0 Å². The minimum absolute atomic E-state index is 0.402. The van der Waals surface area contributed by atoms with Gasteiger partial charge in [0.05, 0.1) is 72.9 Å². The van der Waals surface area contributed by atoms with Gasteiger partial charge in [-0.3, -0.25) is 0 Å². The lowest BCUT2D eigenvalue weighted by molar-refractivity contribution is 0.00578. The molecule has 10 heterocycles.